The molecule has 0 amide bonds. The molecule has 0 radical (unpaired) electrons. The largest absolute Gasteiger partial charge is 0.463 e. The van der Waals surface area contributed by atoms with E-state index in [1.807, 2.05) is 10.8 Å². The molecule has 2 N–H and O–H groups in total. The molecule has 1 fully saturated rings. The predicted molar refractivity (Wildman–Crippen MR) is 143 cm³/mol. The number of nitrogen functional groups attached to an aromatic ring is 1. The Kier molecular flexibility index (Phi) is 10.2. The molecule has 188 valence electrons. The highest BCUT2D eigenvalue weighted by molar-refractivity contribution is 6.76. The van der Waals surface area contributed by atoms with Crippen molar-refractivity contribution in [2.75, 3.05) is 38.6 Å². The number of nitrogens with zero attached hydrogens (tertiary/aromatic N) is 4. The van der Waals surface area contributed by atoms with Crippen LogP contribution in [0.4, 0.5) is 5.82 Å². The predicted octanol–water partition coefficient (Wildman–Crippen LogP) is 5.12. The summed E-state index contributed by atoms with van der Waals surface area (Å²) in [5, 5.41) is 0. The fourth-order valence-corrected chi connectivity index (χ4v) is 4.80. The Morgan fingerprint density at radius 3 is 2.62 bits per heavy atom. The van der Waals surface area contributed by atoms with Crippen LogP contribution in [-0.4, -0.2) is 60.4 Å². The highest BCUT2D eigenvalue weighted by atomic mass is 28.3. The quantitative estimate of drug-likeness (QED) is 0.255. The summed E-state index contributed by atoms with van der Waals surface area (Å²) in [5.74, 6) is 7.11. The number of hydrogen-bond donors (Lipinski definition) is 1. The minimum atomic E-state index is -1.14. The molecule has 3 heterocycles. The zero-order valence-corrected chi connectivity index (χ0v) is 22.7. The van der Waals surface area contributed by atoms with Crippen LogP contribution in [0, 0.1) is 11.8 Å². The molecule has 1 aliphatic heterocycles. The first-order valence-corrected chi connectivity index (χ1v) is 16.7. The zero-order valence-electron chi connectivity index (χ0n) is 21.7. The maximum atomic E-state index is 6.35. The summed E-state index contributed by atoms with van der Waals surface area (Å²) in [6, 6.07) is 1.45. The van der Waals surface area contributed by atoms with Crippen molar-refractivity contribution in [1.82, 2.24) is 19.4 Å². The van der Waals surface area contributed by atoms with Crippen molar-refractivity contribution in [2.24, 2.45) is 0 Å². The molecule has 1 aliphatic rings. The van der Waals surface area contributed by atoms with Gasteiger partial charge in [0.1, 0.15) is 17.8 Å². The fourth-order valence-electron chi connectivity index (χ4n) is 4.04. The lowest BCUT2D eigenvalue weighted by Crippen LogP contribution is -2.30. The lowest BCUT2D eigenvalue weighted by Gasteiger charge is -2.25. The highest BCUT2D eigenvalue weighted by Crippen LogP contribution is 2.26. The maximum absolute atomic E-state index is 6.35. The molecular weight excluding hydrogens is 442 g/mol. The first-order chi connectivity index (χ1) is 16.4. The van der Waals surface area contributed by atoms with Crippen molar-refractivity contribution >= 4 is 24.9 Å². The lowest BCUT2D eigenvalue weighted by atomic mass is 10.1. The summed E-state index contributed by atoms with van der Waals surface area (Å²) in [5.41, 5.74) is 8.73. The summed E-state index contributed by atoms with van der Waals surface area (Å²) in [6.07, 6.45) is 10.00. The van der Waals surface area contributed by atoms with Crippen molar-refractivity contribution in [1.29, 1.82) is 0 Å². The molecule has 7 nitrogen and oxygen atoms in total. The molecule has 0 aromatic carbocycles. The summed E-state index contributed by atoms with van der Waals surface area (Å²) < 4.78 is 13.7. The number of piperidine rings is 1. The smallest absolute Gasteiger partial charge is 0.319 e. The Hall–Kier alpha value is -2.08. The fraction of sp³-hybridized carbons (Fsp3) is 0.692. The zero-order chi connectivity index (χ0) is 24.4. The second kappa shape index (κ2) is 13.1. The molecule has 0 bridgehead atoms. The minimum Gasteiger partial charge on any atom is -0.463 e. The normalized spacial score (nSPS) is 14.8. The number of nitrogens with two attached hydrogens (primary N) is 1. The van der Waals surface area contributed by atoms with Gasteiger partial charge in [-0.15, -0.1) is 0 Å². The van der Waals surface area contributed by atoms with Crippen LogP contribution in [0.1, 0.15) is 57.4 Å². The molecule has 34 heavy (non-hydrogen) atoms. The van der Waals surface area contributed by atoms with E-state index in [0.717, 1.165) is 61.5 Å². The van der Waals surface area contributed by atoms with Crippen LogP contribution in [0.3, 0.4) is 0 Å². The topological polar surface area (TPSA) is 78.4 Å². The third-order valence-electron chi connectivity index (χ3n) is 6.12. The number of anilines is 1. The second-order valence-corrected chi connectivity index (χ2v) is 16.1. The Morgan fingerprint density at radius 2 is 1.88 bits per heavy atom. The van der Waals surface area contributed by atoms with Gasteiger partial charge in [-0.25, -0.2) is 0 Å². The molecule has 1 saturated heterocycles. The molecule has 0 atom stereocenters. The summed E-state index contributed by atoms with van der Waals surface area (Å²) in [4.78, 5) is 11.6. The van der Waals surface area contributed by atoms with Gasteiger partial charge in [-0.2, -0.15) is 9.97 Å². The van der Waals surface area contributed by atoms with E-state index in [1.165, 1.54) is 32.4 Å². The van der Waals surface area contributed by atoms with Gasteiger partial charge in [-0.1, -0.05) is 51.2 Å². The van der Waals surface area contributed by atoms with E-state index in [9.17, 15) is 0 Å². The van der Waals surface area contributed by atoms with Crippen LogP contribution < -0.4 is 10.5 Å². The number of fused-ring (bicyclic) bond motifs is 1. The second-order valence-electron chi connectivity index (χ2n) is 10.5. The monoisotopic (exact) mass is 485 g/mol. The number of rotatable bonds is 12. The van der Waals surface area contributed by atoms with Gasteiger partial charge < -0.3 is 24.7 Å². The number of aromatic nitrogens is 3. The van der Waals surface area contributed by atoms with Gasteiger partial charge >= 0.3 is 6.01 Å². The molecule has 2 aromatic rings. The average Bonchev–Trinajstić information content (AvgIpc) is 3.15. The Balaban J connectivity index is 1.73. The van der Waals surface area contributed by atoms with Gasteiger partial charge in [0.25, 0.3) is 0 Å². The SMILES string of the molecule is CCCCOc1nc(N)c2c(n1)c(C#CCCCN1CCCCC1)cn2COCC[Si](C)(C)C. The summed E-state index contributed by atoms with van der Waals surface area (Å²) in [6.45, 7) is 14.5. The van der Waals surface area contributed by atoms with E-state index in [0.29, 0.717) is 25.2 Å². The van der Waals surface area contributed by atoms with Crippen molar-refractivity contribution < 1.29 is 9.47 Å². The van der Waals surface area contributed by atoms with Gasteiger partial charge in [0.15, 0.2) is 5.82 Å². The van der Waals surface area contributed by atoms with Gasteiger partial charge in [0.05, 0.1) is 12.2 Å². The molecule has 3 rings (SSSR count). The third-order valence-corrected chi connectivity index (χ3v) is 7.83. The first-order valence-electron chi connectivity index (χ1n) is 13.0. The van der Waals surface area contributed by atoms with Crippen molar-refractivity contribution in [2.45, 2.75) is 84.3 Å². The third kappa shape index (κ3) is 8.29. The van der Waals surface area contributed by atoms with Gasteiger partial charge in [0, 0.05) is 27.3 Å². The van der Waals surface area contributed by atoms with Gasteiger partial charge in [-0.05, 0) is 51.4 Å². The molecule has 0 unspecified atom stereocenters. The first kappa shape index (κ1) is 26.5. The molecule has 0 spiro atoms. The van der Waals surface area contributed by atoms with Gasteiger partial charge in [-0.3, -0.25) is 0 Å². The Morgan fingerprint density at radius 1 is 1.09 bits per heavy atom. The number of ether oxygens (including phenoxy) is 2. The Labute approximate surface area is 206 Å². The van der Waals surface area contributed by atoms with Crippen LogP contribution in [0.25, 0.3) is 11.0 Å². The number of unbranched alkanes of at least 4 members (excludes halogenated alkanes) is 2. The molecule has 0 saturated carbocycles. The Bertz CT molecular complexity index is 967. The van der Waals surface area contributed by atoms with Crippen LogP contribution in [0.5, 0.6) is 6.01 Å². The number of likely N-dealkylation sites (tertiary alicyclic amines) is 1. The standard InChI is InChI=1S/C26H43N5O2Si/c1-5-6-17-33-26-28-23-22(13-9-7-10-14-30-15-11-8-12-16-30)20-31(24(23)25(27)29-26)21-32-18-19-34(2,3)4/h20H,5-8,10-12,14-19,21H2,1-4H3,(H2,27,28,29). The minimum absolute atomic E-state index is 0.323. The van der Waals surface area contributed by atoms with Crippen LogP contribution in [0.2, 0.25) is 25.7 Å². The molecular formula is C26H43N5O2Si. The van der Waals surface area contributed by atoms with Crippen molar-refractivity contribution in [3.8, 4) is 17.9 Å². The van der Waals surface area contributed by atoms with Gasteiger partial charge in [0.2, 0.25) is 0 Å². The maximum Gasteiger partial charge on any atom is 0.319 e. The lowest BCUT2D eigenvalue weighted by molar-refractivity contribution is 0.0902. The summed E-state index contributed by atoms with van der Waals surface area (Å²) >= 11 is 0. The highest BCUT2D eigenvalue weighted by Gasteiger charge is 2.17. The van der Waals surface area contributed by atoms with Crippen LogP contribution >= 0.6 is 0 Å². The van der Waals surface area contributed by atoms with E-state index in [-0.39, 0.29) is 0 Å². The van der Waals surface area contributed by atoms with E-state index in [2.05, 4.69) is 53.3 Å². The van der Waals surface area contributed by atoms with E-state index in [4.69, 9.17) is 15.2 Å². The molecule has 8 heteroatoms. The van der Waals surface area contributed by atoms with Crippen LogP contribution in [0.15, 0.2) is 6.20 Å². The van der Waals surface area contributed by atoms with Crippen molar-refractivity contribution in [3.63, 3.8) is 0 Å². The van der Waals surface area contributed by atoms with Crippen molar-refractivity contribution in [3.05, 3.63) is 11.8 Å². The summed E-state index contributed by atoms with van der Waals surface area (Å²) in [7, 11) is -1.14. The van der Waals surface area contributed by atoms with E-state index >= 15 is 0 Å². The van der Waals surface area contributed by atoms with E-state index in [1.54, 1.807) is 0 Å². The molecule has 2 aromatic heterocycles. The van der Waals surface area contributed by atoms with E-state index < -0.39 is 8.07 Å². The molecule has 0 aliphatic carbocycles. The number of hydrogen-bond acceptors (Lipinski definition) is 6. The average molecular weight is 486 g/mol. The van der Waals surface area contributed by atoms with Crippen LogP contribution in [-0.2, 0) is 11.5 Å².